The number of carbonyl (C=O) groups is 1. The highest BCUT2D eigenvalue weighted by atomic mass is 35.5. The van der Waals surface area contributed by atoms with Gasteiger partial charge in [-0.1, -0.05) is 37.9 Å². The van der Waals surface area contributed by atoms with Gasteiger partial charge in [0.2, 0.25) is 0 Å². The van der Waals surface area contributed by atoms with Gasteiger partial charge in [0.25, 0.3) is 5.91 Å². The molecule has 2 N–H and O–H groups in total. The van der Waals surface area contributed by atoms with Crippen LogP contribution in [-0.4, -0.2) is 37.0 Å². The van der Waals surface area contributed by atoms with Gasteiger partial charge in [-0.15, -0.1) is 0 Å². The van der Waals surface area contributed by atoms with Crippen molar-refractivity contribution in [3.8, 4) is 17.1 Å². The van der Waals surface area contributed by atoms with Gasteiger partial charge in [-0.05, 0) is 55.7 Å². The van der Waals surface area contributed by atoms with Crippen molar-refractivity contribution in [2.75, 3.05) is 0 Å². The van der Waals surface area contributed by atoms with E-state index in [2.05, 4.69) is 35.2 Å². The quantitative estimate of drug-likeness (QED) is 0.478. The van der Waals surface area contributed by atoms with Crippen LogP contribution >= 0.6 is 11.6 Å². The fourth-order valence-corrected chi connectivity index (χ4v) is 5.22. The Hall–Kier alpha value is -2.77. The van der Waals surface area contributed by atoms with Crippen LogP contribution in [0.1, 0.15) is 74.3 Å². The molecule has 34 heavy (non-hydrogen) atoms. The molecule has 2 heterocycles. The molecule has 5 rings (SSSR count). The highest BCUT2D eigenvalue weighted by Gasteiger charge is 2.33. The second-order valence-electron chi connectivity index (χ2n) is 10.3. The van der Waals surface area contributed by atoms with Crippen LogP contribution in [0, 0.1) is 11.3 Å². The van der Waals surface area contributed by atoms with E-state index in [1.807, 2.05) is 16.8 Å². The molecular weight excluding hydrogens is 450 g/mol. The zero-order chi connectivity index (χ0) is 23.9. The number of halogens is 1. The predicted molar refractivity (Wildman–Crippen MR) is 131 cm³/mol. The van der Waals surface area contributed by atoms with Gasteiger partial charge >= 0.3 is 0 Å². The van der Waals surface area contributed by atoms with Crippen molar-refractivity contribution in [1.82, 2.24) is 25.1 Å². The lowest BCUT2D eigenvalue weighted by Crippen LogP contribution is -2.43. The molecule has 0 saturated heterocycles. The number of benzene rings is 1. The second-order valence-corrected chi connectivity index (χ2v) is 10.7. The van der Waals surface area contributed by atoms with Gasteiger partial charge < -0.3 is 10.4 Å². The van der Waals surface area contributed by atoms with Gasteiger partial charge in [0.1, 0.15) is 12.6 Å². The van der Waals surface area contributed by atoms with Crippen LogP contribution in [0.15, 0.2) is 42.9 Å². The summed E-state index contributed by atoms with van der Waals surface area (Å²) in [7, 11) is 0. The Morgan fingerprint density at radius 3 is 2.76 bits per heavy atom. The summed E-state index contributed by atoms with van der Waals surface area (Å²) in [6.07, 6.45) is 8.55. The van der Waals surface area contributed by atoms with Crippen LogP contribution < -0.4 is 5.32 Å². The number of nitrogens with one attached hydrogen (secondary N) is 1. The Bertz CT molecular complexity index is 1190. The van der Waals surface area contributed by atoms with Crippen molar-refractivity contribution >= 4 is 17.5 Å². The van der Waals surface area contributed by atoms with E-state index in [1.165, 1.54) is 6.33 Å². The van der Waals surface area contributed by atoms with E-state index >= 15 is 0 Å². The van der Waals surface area contributed by atoms with Crippen LogP contribution in [0.2, 0.25) is 5.02 Å². The third-order valence-corrected chi connectivity index (χ3v) is 7.32. The molecule has 1 aromatic carbocycles. The third-order valence-electron chi connectivity index (χ3n) is 6.99. The standard InChI is InChI=1S/C26H30ClN5O2/c1-26(2)10-3-4-18(14-26)24(33)30-25(34)19-12-17(7-8-20(19)27)21-13-22(16-5-6-16)32(31-21)23-9-11-28-15-29-23/h7-9,11-13,15-16,18,24,33H,3-6,10,14H2,1-2H3,(H,30,34). The molecule has 178 valence electrons. The van der Waals surface area contributed by atoms with Crippen molar-refractivity contribution in [1.29, 1.82) is 0 Å². The van der Waals surface area contributed by atoms with Crippen LogP contribution in [-0.2, 0) is 0 Å². The van der Waals surface area contributed by atoms with Gasteiger partial charge in [-0.3, -0.25) is 4.79 Å². The molecule has 0 spiro atoms. The Morgan fingerprint density at radius 2 is 2.06 bits per heavy atom. The van der Waals surface area contributed by atoms with E-state index < -0.39 is 6.23 Å². The number of hydrogen-bond acceptors (Lipinski definition) is 5. The first-order valence-corrected chi connectivity index (χ1v) is 12.3. The molecular formula is C26H30ClN5O2. The fourth-order valence-electron chi connectivity index (χ4n) is 5.01. The minimum atomic E-state index is -0.898. The molecule has 0 radical (unpaired) electrons. The molecule has 3 aromatic rings. The predicted octanol–water partition coefficient (Wildman–Crippen LogP) is 5.12. The average Bonchev–Trinajstić information content (AvgIpc) is 3.57. The zero-order valence-electron chi connectivity index (χ0n) is 19.5. The Balaban J connectivity index is 1.39. The van der Waals surface area contributed by atoms with Crippen molar-refractivity contribution in [2.45, 2.75) is 64.5 Å². The van der Waals surface area contributed by atoms with Crippen molar-refractivity contribution in [3.63, 3.8) is 0 Å². The molecule has 0 bridgehead atoms. The number of hydrogen-bond donors (Lipinski definition) is 2. The van der Waals surface area contributed by atoms with E-state index in [9.17, 15) is 9.90 Å². The molecule has 1 amide bonds. The minimum Gasteiger partial charge on any atom is -0.373 e. The largest absolute Gasteiger partial charge is 0.373 e. The number of rotatable bonds is 6. The van der Waals surface area contributed by atoms with E-state index in [-0.39, 0.29) is 17.2 Å². The summed E-state index contributed by atoms with van der Waals surface area (Å²) in [5.74, 6) is 0.842. The number of aliphatic hydroxyl groups is 1. The molecule has 2 unspecified atom stereocenters. The number of aromatic nitrogens is 4. The van der Waals surface area contributed by atoms with Crippen molar-refractivity contribution in [2.24, 2.45) is 11.3 Å². The molecule has 2 aromatic heterocycles. The highest BCUT2D eigenvalue weighted by molar-refractivity contribution is 6.34. The summed E-state index contributed by atoms with van der Waals surface area (Å²) in [6.45, 7) is 4.43. The van der Waals surface area contributed by atoms with E-state index in [0.29, 0.717) is 22.3 Å². The van der Waals surface area contributed by atoms with Gasteiger partial charge in [0.15, 0.2) is 5.82 Å². The zero-order valence-corrected chi connectivity index (χ0v) is 20.3. The average molecular weight is 480 g/mol. The fraction of sp³-hybridized carbons (Fsp3) is 0.462. The summed E-state index contributed by atoms with van der Waals surface area (Å²) in [5, 5.41) is 18.7. The molecule has 0 aliphatic heterocycles. The first-order chi connectivity index (χ1) is 16.3. The smallest absolute Gasteiger partial charge is 0.254 e. The van der Waals surface area contributed by atoms with E-state index in [1.54, 1.807) is 18.3 Å². The Kier molecular flexibility index (Phi) is 6.16. The lowest BCUT2D eigenvalue weighted by molar-refractivity contribution is 0.0232. The van der Waals surface area contributed by atoms with Gasteiger partial charge in [0.05, 0.1) is 16.3 Å². The molecule has 7 nitrogen and oxygen atoms in total. The van der Waals surface area contributed by atoms with E-state index in [4.69, 9.17) is 16.7 Å². The first-order valence-electron chi connectivity index (χ1n) is 12.0. The molecule has 2 saturated carbocycles. The molecule has 2 fully saturated rings. The lowest BCUT2D eigenvalue weighted by atomic mass is 9.71. The summed E-state index contributed by atoms with van der Waals surface area (Å²) in [5.41, 5.74) is 3.15. The summed E-state index contributed by atoms with van der Waals surface area (Å²) in [6, 6.07) is 9.21. The van der Waals surface area contributed by atoms with Gasteiger partial charge in [-0.2, -0.15) is 5.10 Å². The maximum atomic E-state index is 13.1. The molecule has 2 atom stereocenters. The summed E-state index contributed by atoms with van der Waals surface area (Å²) in [4.78, 5) is 21.4. The first kappa shape index (κ1) is 23.0. The normalized spacial score (nSPS) is 20.6. The van der Waals surface area contributed by atoms with Gasteiger partial charge in [-0.25, -0.2) is 14.6 Å². The monoisotopic (exact) mass is 479 g/mol. The molecule has 8 heteroatoms. The van der Waals surface area contributed by atoms with Crippen LogP contribution in [0.4, 0.5) is 0 Å². The van der Waals surface area contributed by atoms with Crippen molar-refractivity contribution < 1.29 is 9.90 Å². The topological polar surface area (TPSA) is 92.9 Å². The van der Waals surface area contributed by atoms with Crippen LogP contribution in [0.3, 0.4) is 0 Å². The number of nitrogens with zero attached hydrogens (tertiary/aromatic N) is 4. The Labute approximate surface area is 204 Å². The van der Waals surface area contributed by atoms with E-state index in [0.717, 1.165) is 55.5 Å². The minimum absolute atomic E-state index is 0.0410. The summed E-state index contributed by atoms with van der Waals surface area (Å²) < 4.78 is 1.86. The Morgan fingerprint density at radius 1 is 1.24 bits per heavy atom. The SMILES string of the molecule is CC1(C)CCCC(C(O)NC(=O)c2cc(-c3cc(C4CC4)n(-c4ccncn4)n3)ccc2Cl)C1. The maximum Gasteiger partial charge on any atom is 0.254 e. The third kappa shape index (κ3) is 4.86. The lowest BCUT2D eigenvalue weighted by Gasteiger charge is -2.37. The number of amides is 1. The molecule has 2 aliphatic rings. The maximum absolute atomic E-state index is 13.1. The molecule has 2 aliphatic carbocycles. The van der Waals surface area contributed by atoms with Gasteiger partial charge in [0, 0.05) is 35.4 Å². The highest BCUT2D eigenvalue weighted by Crippen LogP contribution is 2.42. The second kappa shape index (κ2) is 9.12. The summed E-state index contributed by atoms with van der Waals surface area (Å²) >= 11 is 6.40. The number of carbonyl (C=O) groups excluding carboxylic acids is 1. The van der Waals surface area contributed by atoms with Crippen LogP contribution in [0.25, 0.3) is 17.1 Å². The number of aliphatic hydroxyl groups excluding tert-OH is 1. The van der Waals surface area contributed by atoms with Crippen molar-refractivity contribution in [3.05, 3.63) is 59.1 Å². The van der Waals surface area contributed by atoms with Crippen LogP contribution in [0.5, 0.6) is 0 Å².